The molecule has 15 heavy (non-hydrogen) atoms. The van der Waals surface area contributed by atoms with Crippen LogP contribution in [0.1, 0.15) is 18.2 Å². The van der Waals surface area contributed by atoms with Gasteiger partial charge in [-0.15, -0.1) is 0 Å². The van der Waals surface area contributed by atoms with Crippen LogP contribution >= 0.6 is 0 Å². The maximum absolute atomic E-state index is 5.79. The summed E-state index contributed by atoms with van der Waals surface area (Å²) in [5, 5.41) is 3.36. The van der Waals surface area contributed by atoms with Gasteiger partial charge in [-0.1, -0.05) is 0 Å². The van der Waals surface area contributed by atoms with E-state index in [1.54, 1.807) is 0 Å². The molecule has 1 aliphatic rings. The Morgan fingerprint density at radius 1 is 1.47 bits per heavy atom. The highest BCUT2D eigenvalue weighted by molar-refractivity contribution is 5.52. The lowest BCUT2D eigenvalue weighted by Gasteiger charge is -2.07. The highest BCUT2D eigenvalue weighted by atomic mass is 15.0. The third-order valence-corrected chi connectivity index (χ3v) is 3.00. The van der Waals surface area contributed by atoms with E-state index in [0.717, 1.165) is 36.5 Å². The number of aromatic nitrogens is 2. The van der Waals surface area contributed by atoms with Gasteiger partial charge in [0.2, 0.25) is 0 Å². The fraction of sp³-hybridized carbons (Fsp3) is 0.364. The average Bonchev–Trinajstić information content (AvgIpc) is 2.83. The summed E-state index contributed by atoms with van der Waals surface area (Å²) < 4.78 is 2.10. The normalized spacial score (nSPS) is 21.2. The fourth-order valence-corrected chi connectivity index (χ4v) is 2.20. The van der Waals surface area contributed by atoms with Gasteiger partial charge in [-0.3, -0.25) is 0 Å². The molecule has 0 aromatic carbocycles. The molecule has 0 aliphatic carbocycles. The zero-order chi connectivity index (χ0) is 10.3. The smallest absolute Gasteiger partial charge is 0.117 e. The van der Waals surface area contributed by atoms with E-state index >= 15 is 0 Å². The Kier molecular flexibility index (Phi) is 1.89. The first-order valence-electron chi connectivity index (χ1n) is 5.28. The Hall–Kier alpha value is -1.55. The van der Waals surface area contributed by atoms with Gasteiger partial charge in [0, 0.05) is 24.3 Å². The van der Waals surface area contributed by atoms with Crippen LogP contribution in [0.15, 0.2) is 24.5 Å². The van der Waals surface area contributed by atoms with Gasteiger partial charge in [0.25, 0.3) is 0 Å². The van der Waals surface area contributed by atoms with Crippen molar-refractivity contribution >= 4 is 11.2 Å². The molecule has 3 rings (SSSR count). The van der Waals surface area contributed by atoms with Crippen LogP contribution in [0.3, 0.4) is 0 Å². The molecule has 2 aromatic heterocycles. The number of nitrogens with zero attached hydrogens (tertiary/aromatic N) is 2. The molecule has 1 saturated heterocycles. The molecule has 0 amide bonds. The van der Waals surface area contributed by atoms with E-state index in [-0.39, 0.29) is 0 Å². The molecule has 3 heterocycles. The SMILES string of the molecule is Nc1ccc2cnc(C3CCNC3)n2c1. The number of hydrogen-bond acceptors (Lipinski definition) is 3. The highest BCUT2D eigenvalue weighted by Gasteiger charge is 2.20. The van der Waals surface area contributed by atoms with E-state index < -0.39 is 0 Å². The van der Waals surface area contributed by atoms with Crippen molar-refractivity contribution in [3.63, 3.8) is 0 Å². The fourth-order valence-electron chi connectivity index (χ4n) is 2.20. The zero-order valence-electron chi connectivity index (χ0n) is 8.48. The second kappa shape index (κ2) is 3.24. The zero-order valence-corrected chi connectivity index (χ0v) is 8.48. The van der Waals surface area contributed by atoms with Crippen molar-refractivity contribution in [2.45, 2.75) is 12.3 Å². The third kappa shape index (κ3) is 1.37. The largest absolute Gasteiger partial charge is 0.398 e. The summed E-state index contributed by atoms with van der Waals surface area (Å²) in [7, 11) is 0. The molecule has 4 nitrogen and oxygen atoms in total. The van der Waals surface area contributed by atoms with Crippen molar-refractivity contribution in [1.82, 2.24) is 14.7 Å². The van der Waals surface area contributed by atoms with E-state index in [1.807, 2.05) is 24.5 Å². The van der Waals surface area contributed by atoms with Crippen LogP contribution < -0.4 is 11.1 Å². The van der Waals surface area contributed by atoms with Crippen LogP contribution in [0.25, 0.3) is 5.52 Å². The molecule has 1 aliphatic heterocycles. The van der Waals surface area contributed by atoms with Gasteiger partial charge in [0.1, 0.15) is 5.82 Å². The van der Waals surface area contributed by atoms with E-state index in [4.69, 9.17) is 5.73 Å². The quantitative estimate of drug-likeness (QED) is 0.725. The Balaban J connectivity index is 2.13. The maximum atomic E-state index is 5.79. The number of rotatable bonds is 1. The van der Waals surface area contributed by atoms with Crippen molar-refractivity contribution < 1.29 is 0 Å². The second-order valence-corrected chi connectivity index (χ2v) is 4.06. The van der Waals surface area contributed by atoms with Gasteiger partial charge in [-0.05, 0) is 25.1 Å². The number of fused-ring (bicyclic) bond motifs is 1. The Labute approximate surface area is 88.1 Å². The molecule has 3 N–H and O–H groups in total. The minimum Gasteiger partial charge on any atom is -0.398 e. The topological polar surface area (TPSA) is 55.3 Å². The predicted molar refractivity (Wildman–Crippen MR) is 59.8 cm³/mol. The summed E-state index contributed by atoms with van der Waals surface area (Å²) >= 11 is 0. The predicted octanol–water partition coefficient (Wildman–Crippen LogP) is 0.993. The first-order chi connectivity index (χ1) is 7.34. The van der Waals surface area contributed by atoms with Crippen LogP contribution in [0.4, 0.5) is 5.69 Å². The molecule has 78 valence electrons. The minimum atomic E-state index is 0.522. The van der Waals surface area contributed by atoms with Gasteiger partial charge in [-0.25, -0.2) is 4.98 Å². The summed E-state index contributed by atoms with van der Waals surface area (Å²) in [5.41, 5.74) is 7.69. The van der Waals surface area contributed by atoms with E-state index in [2.05, 4.69) is 14.7 Å². The van der Waals surface area contributed by atoms with Crippen LogP contribution in [0, 0.1) is 0 Å². The van der Waals surface area contributed by atoms with E-state index in [0.29, 0.717) is 5.92 Å². The summed E-state index contributed by atoms with van der Waals surface area (Å²) in [6, 6.07) is 3.92. The molecule has 0 bridgehead atoms. The molecule has 1 unspecified atom stereocenters. The van der Waals surface area contributed by atoms with Gasteiger partial charge >= 0.3 is 0 Å². The average molecular weight is 202 g/mol. The molecule has 2 aromatic rings. The third-order valence-electron chi connectivity index (χ3n) is 3.00. The van der Waals surface area contributed by atoms with Crippen LogP contribution in [-0.2, 0) is 0 Å². The molecule has 1 fully saturated rings. The lowest BCUT2D eigenvalue weighted by molar-refractivity contribution is 0.699. The molecular formula is C11H14N4. The first-order valence-corrected chi connectivity index (χ1v) is 5.28. The lowest BCUT2D eigenvalue weighted by Crippen LogP contribution is -2.10. The van der Waals surface area contributed by atoms with Crippen molar-refractivity contribution in [2.24, 2.45) is 0 Å². The maximum Gasteiger partial charge on any atom is 0.117 e. The van der Waals surface area contributed by atoms with Crippen molar-refractivity contribution in [1.29, 1.82) is 0 Å². The molecule has 1 atom stereocenters. The summed E-state index contributed by atoms with van der Waals surface area (Å²) in [6.45, 7) is 2.11. The number of anilines is 1. The molecular weight excluding hydrogens is 188 g/mol. The standard InChI is InChI=1S/C11H14N4/c12-9-1-2-10-6-14-11(15(10)7-9)8-3-4-13-5-8/h1-2,6-8,13H,3-5,12H2. The van der Waals surface area contributed by atoms with Gasteiger partial charge in [-0.2, -0.15) is 0 Å². The molecule has 4 heteroatoms. The monoisotopic (exact) mass is 202 g/mol. The number of nitrogens with one attached hydrogen (secondary N) is 1. The van der Waals surface area contributed by atoms with E-state index in [9.17, 15) is 0 Å². The molecule has 0 radical (unpaired) electrons. The van der Waals surface area contributed by atoms with Crippen molar-refractivity contribution in [2.75, 3.05) is 18.8 Å². The van der Waals surface area contributed by atoms with Crippen LogP contribution in [0.2, 0.25) is 0 Å². The number of nitrogens with two attached hydrogens (primary N) is 1. The van der Waals surface area contributed by atoms with Crippen LogP contribution in [0.5, 0.6) is 0 Å². The minimum absolute atomic E-state index is 0.522. The Bertz CT molecular complexity index is 482. The summed E-state index contributed by atoms with van der Waals surface area (Å²) in [4.78, 5) is 4.49. The first kappa shape index (κ1) is 8.73. The molecule has 0 spiro atoms. The highest BCUT2D eigenvalue weighted by Crippen LogP contribution is 2.22. The second-order valence-electron chi connectivity index (χ2n) is 4.06. The van der Waals surface area contributed by atoms with Crippen molar-refractivity contribution in [3.8, 4) is 0 Å². The van der Waals surface area contributed by atoms with E-state index in [1.165, 1.54) is 0 Å². The number of pyridine rings is 1. The van der Waals surface area contributed by atoms with Crippen molar-refractivity contribution in [3.05, 3.63) is 30.4 Å². The lowest BCUT2D eigenvalue weighted by atomic mass is 10.1. The number of imidazole rings is 1. The summed E-state index contributed by atoms with van der Waals surface area (Å²) in [5.74, 6) is 1.65. The number of nitrogen functional groups attached to an aromatic ring is 1. The van der Waals surface area contributed by atoms with Crippen LogP contribution in [-0.4, -0.2) is 22.5 Å². The Morgan fingerprint density at radius 3 is 3.20 bits per heavy atom. The molecule has 0 saturated carbocycles. The van der Waals surface area contributed by atoms with Gasteiger partial charge in [0.05, 0.1) is 11.7 Å². The Morgan fingerprint density at radius 2 is 2.40 bits per heavy atom. The van der Waals surface area contributed by atoms with Gasteiger partial charge < -0.3 is 15.5 Å². The number of hydrogen-bond donors (Lipinski definition) is 2. The summed E-state index contributed by atoms with van der Waals surface area (Å²) in [6.07, 6.45) is 5.02. The van der Waals surface area contributed by atoms with Gasteiger partial charge in [0.15, 0.2) is 0 Å².